The standard InChI is InChI=1S/C27H31N7O4/c1-6-24(35)29-18-15-19(22(38-5)16-21(18)33(4)14-13-32(2)3)30-27-28-12-11-23(31-27)34-20-10-8-7-9-17(20)25(36)26(34)37/h6-12,15-16,25,36H,1,13-14H2,2-5H3,(H,29,35)(H,28,30,31). The van der Waals surface area contributed by atoms with Crippen LogP contribution < -0.4 is 25.2 Å². The van der Waals surface area contributed by atoms with E-state index in [4.69, 9.17) is 4.74 Å². The molecule has 0 aliphatic carbocycles. The Hall–Kier alpha value is -4.48. The number of hydrogen-bond donors (Lipinski definition) is 3. The van der Waals surface area contributed by atoms with Gasteiger partial charge < -0.3 is 30.3 Å². The van der Waals surface area contributed by atoms with Crippen LogP contribution in [-0.2, 0) is 9.59 Å². The van der Waals surface area contributed by atoms with Gasteiger partial charge in [0.1, 0.15) is 11.6 Å². The third-order valence-corrected chi connectivity index (χ3v) is 6.10. The molecule has 0 spiro atoms. The second-order valence-corrected chi connectivity index (χ2v) is 8.99. The molecule has 11 heteroatoms. The van der Waals surface area contributed by atoms with Gasteiger partial charge in [-0.2, -0.15) is 4.98 Å². The topological polar surface area (TPSA) is 123 Å². The number of nitrogens with zero attached hydrogens (tertiary/aromatic N) is 5. The summed E-state index contributed by atoms with van der Waals surface area (Å²) in [5.41, 5.74) is 2.88. The number of amides is 2. The highest BCUT2D eigenvalue weighted by molar-refractivity contribution is 6.08. The molecule has 1 atom stereocenters. The molecule has 0 saturated heterocycles. The molecule has 11 nitrogen and oxygen atoms in total. The van der Waals surface area contributed by atoms with E-state index in [0.717, 1.165) is 12.2 Å². The number of para-hydroxylation sites is 1. The number of carbonyl (C=O) groups excluding carboxylic acids is 2. The Morgan fingerprint density at radius 3 is 2.66 bits per heavy atom. The fraction of sp³-hybridized carbons (Fsp3) is 0.259. The highest BCUT2D eigenvalue weighted by Crippen LogP contribution is 2.41. The van der Waals surface area contributed by atoms with Crippen molar-refractivity contribution in [1.82, 2.24) is 14.9 Å². The van der Waals surface area contributed by atoms with Crippen LogP contribution in [0.3, 0.4) is 0 Å². The number of aromatic nitrogens is 2. The van der Waals surface area contributed by atoms with Crippen LogP contribution in [0.4, 0.5) is 34.5 Å². The number of fused-ring (bicyclic) bond motifs is 1. The van der Waals surface area contributed by atoms with E-state index in [0.29, 0.717) is 40.7 Å². The molecule has 0 fully saturated rings. The number of hydrogen-bond acceptors (Lipinski definition) is 9. The van der Waals surface area contributed by atoms with Crippen molar-refractivity contribution < 1.29 is 19.4 Å². The van der Waals surface area contributed by atoms with Crippen molar-refractivity contribution in [3.05, 3.63) is 66.9 Å². The summed E-state index contributed by atoms with van der Waals surface area (Å²) in [4.78, 5) is 39.3. The zero-order chi connectivity index (χ0) is 27.4. The summed E-state index contributed by atoms with van der Waals surface area (Å²) < 4.78 is 5.64. The lowest BCUT2D eigenvalue weighted by molar-refractivity contribution is -0.125. The Labute approximate surface area is 221 Å². The van der Waals surface area contributed by atoms with Gasteiger partial charge in [0.2, 0.25) is 11.9 Å². The van der Waals surface area contributed by atoms with Gasteiger partial charge in [0.05, 0.1) is 29.9 Å². The Balaban J connectivity index is 1.69. The second-order valence-electron chi connectivity index (χ2n) is 8.99. The first-order valence-corrected chi connectivity index (χ1v) is 12.0. The van der Waals surface area contributed by atoms with Gasteiger partial charge >= 0.3 is 0 Å². The number of ether oxygens (including phenoxy) is 1. The van der Waals surface area contributed by atoms with Crippen LogP contribution in [0.2, 0.25) is 0 Å². The van der Waals surface area contributed by atoms with Crippen molar-refractivity contribution in [3.8, 4) is 5.75 Å². The Morgan fingerprint density at radius 1 is 1.18 bits per heavy atom. The maximum atomic E-state index is 12.8. The number of benzene rings is 2. The van der Waals surface area contributed by atoms with Crippen molar-refractivity contribution in [2.45, 2.75) is 6.10 Å². The van der Waals surface area contributed by atoms with Gasteiger partial charge in [-0.05, 0) is 32.3 Å². The molecule has 0 bridgehead atoms. The minimum absolute atomic E-state index is 0.196. The molecule has 1 aromatic heterocycles. The van der Waals surface area contributed by atoms with E-state index < -0.39 is 12.0 Å². The maximum absolute atomic E-state index is 12.8. The first-order valence-electron chi connectivity index (χ1n) is 12.0. The minimum Gasteiger partial charge on any atom is -0.494 e. The van der Waals surface area contributed by atoms with Crippen LogP contribution in [-0.4, -0.2) is 73.1 Å². The highest BCUT2D eigenvalue weighted by atomic mass is 16.5. The average molecular weight is 518 g/mol. The Kier molecular flexibility index (Phi) is 7.89. The molecule has 3 N–H and O–H groups in total. The normalized spacial score (nSPS) is 14.3. The lowest BCUT2D eigenvalue weighted by atomic mass is 10.1. The van der Waals surface area contributed by atoms with Gasteiger partial charge in [0.15, 0.2) is 6.10 Å². The fourth-order valence-electron chi connectivity index (χ4n) is 4.09. The van der Waals surface area contributed by atoms with E-state index in [9.17, 15) is 14.7 Å². The predicted molar refractivity (Wildman–Crippen MR) is 148 cm³/mol. The first-order chi connectivity index (χ1) is 18.2. The highest BCUT2D eigenvalue weighted by Gasteiger charge is 2.37. The molecule has 1 aliphatic rings. The third-order valence-electron chi connectivity index (χ3n) is 6.10. The number of anilines is 6. The number of methoxy groups -OCH3 is 1. The number of aliphatic hydroxyl groups excluding tert-OH is 1. The van der Waals surface area contributed by atoms with Gasteiger partial charge in [0.25, 0.3) is 5.91 Å². The third kappa shape index (κ3) is 5.43. The van der Waals surface area contributed by atoms with E-state index in [1.54, 1.807) is 43.5 Å². The average Bonchev–Trinajstić information content (AvgIpc) is 3.17. The zero-order valence-electron chi connectivity index (χ0n) is 21.8. The van der Waals surface area contributed by atoms with Crippen LogP contribution in [0.1, 0.15) is 11.7 Å². The van der Waals surface area contributed by atoms with E-state index >= 15 is 0 Å². The quantitative estimate of drug-likeness (QED) is 0.348. The summed E-state index contributed by atoms with van der Waals surface area (Å²) >= 11 is 0. The molecule has 3 aromatic rings. The van der Waals surface area contributed by atoms with Crippen molar-refractivity contribution in [2.24, 2.45) is 0 Å². The van der Waals surface area contributed by atoms with Gasteiger partial charge in [-0.3, -0.25) is 14.5 Å². The van der Waals surface area contributed by atoms with E-state index in [1.807, 2.05) is 32.1 Å². The maximum Gasteiger partial charge on any atom is 0.266 e. The summed E-state index contributed by atoms with van der Waals surface area (Å²) in [5.74, 6) is 0.151. The van der Waals surface area contributed by atoms with Crippen LogP contribution in [0.25, 0.3) is 0 Å². The van der Waals surface area contributed by atoms with Crippen molar-refractivity contribution in [1.29, 1.82) is 0 Å². The monoisotopic (exact) mass is 517 g/mol. The number of aliphatic hydroxyl groups is 1. The molecule has 0 saturated carbocycles. The minimum atomic E-state index is -1.26. The molecule has 2 amide bonds. The summed E-state index contributed by atoms with van der Waals surface area (Å²) in [5, 5.41) is 16.4. The van der Waals surface area contributed by atoms with Crippen LogP contribution in [0.5, 0.6) is 5.75 Å². The van der Waals surface area contributed by atoms with Crippen LogP contribution in [0, 0.1) is 0 Å². The van der Waals surface area contributed by atoms with E-state index in [-0.39, 0.29) is 11.9 Å². The number of carbonyl (C=O) groups is 2. The summed E-state index contributed by atoms with van der Waals surface area (Å²) in [6, 6.07) is 12.2. The molecule has 0 radical (unpaired) electrons. The van der Waals surface area contributed by atoms with Gasteiger partial charge in [-0.25, -0.2) is 4.98 Å². The molecule has 4 rings (SSSR count). The Bertz CT molecular complexity index is 1360. The zero-order valence-corrected chi connectivity index (χ0v) is 21.8. The van der Waals surface area contributed by atoms with E-state index in [1.165, 1.54) is 17.2 Å². The lowest BCUT2D eigenvalue weighted by Gasteiger charge is -2.26. The summed E-state index contributed by atoms with van der Waals surface area (Å²) in [7, 11) is 7.46. The number of rotatable bonds is 10. The van der Waals surface area contributed by atoms with Crippen molar-refractivity contribution in [2.75, 3.05) is 61.8 Å². The predicted octanol–water partition coefficient (Wildman–Crippen LogP) is 3.06. The summed E-state index contributed by atoms with van der Waals surface area (Å²) in [6.45, 7) is 5.06. The Morgan fingerprint density at radius 2 is 1.95 bits per heavy atom. The smallest absolute Gasteiger partial charge is 0.266 e. The van der Waals surface area contributed by atoms with Gasteiger partial charge in [-0.15, -0.1) is 0 Å². The number of nitrogens with one attached hydrogen (secondary N) is 2. The van der Waals surface area contributed by atoms with E-state index in [2.05, 4.69) is 32.1 Å². The fourth-order valence-corrected chi connectivity index (χ4v) is 4.09. The SMILES string of the molecule is C=CC(=O)Nc1cc(Nc2nccc(N3C(=O)C(O)c4ccccc43)n2)c(OC)cc1N(C)CCN(C)C. The molecule has 2 heterocycles. The van der Waals surface area contributed by atoms with Crippen LogP contribution >= 0.6 is 0 Å². The van der Waals surface area contributed by atoms with Crippen LogP contribution in [0.15, 0.2) is 61.3 Å². The first kappa shape index (κ1) is 26.6. The number of likely N-dealkylation sites (N-methyl/N-ethyl adjacent to an activating group) is 2. The molecular weight excluding hydrogens is 486 g/mol. The molecule has 1 aliphatic heterocycles. The van der Waals surface area contributed by atoms with Gasteiger partial charge in [0, 0.05) is 44.0 Å². The van der Waals surface area contributed by atoms with Gasteiger partial charge in [-0.1, -0.05) is 24.8 Å². The molecule has 198 valence electrons. The molecule has 38 heavy (non-hydrogen) atoms. The molecular formula is C27H31N7O4. The van der Waals surface area contributed by atoms with Crippen molar-refractivity contribution in [3.63, 3.8) is 0 Å². The molecule has 2 aromatic carbocycles. The second kappa shape index (κ2) is 11.3. The molecule has 1 unspecified atom stereocenters. The summed E-state index contributed by atoms with van der Waals surface area (Å²) in [6.07, 6.45) is 1.46. The lowest BCUT2D eigenvalue weighted by Crippen LogP contribution is -2.29. The largest absolute Gasteiger partial charge is 0.494 e. The van der Waals surface area contributed by atoms with Crippen molar-refractivity contribution >= 4 is 46.3 Å².